The quantitative estimate of drug-likeness (QED) is 0.192. The molecule has 3 aromatic carbocycles. The van der Waals surface area contributed by atoms with Gasteiger partial charge in [-0.15, -0.1) is 5.10 Å². The zero-order valence-electron chi connectivity index (χ0n) is 23.7. The number of hydrogen-bond donors (Lipinski definition) is 1. The number of thioether (sulfide) groups is 1. The van der Waals surface area contributed by atoms with E-state index in [0.717, 1.165) is 29.5 Å². The number of rotatable bonds is 7. The van der Waals surface area contributed by atoms with Crippen molar-refractivity contribution < 1.29 is 27.5 Å². The van der Waals surface area contributed by atoms with Gasteiger partial charge in [0, 0.05) is 11.6 Å². The summed E-state index contributed by atoms with van der Waals surface area (Å²) in [4.78, 5) is 35.1. The number of carbonyl (C=O) groups excluding carboxylic acids is 2. The molecule has 0 aliphatic carbocycles. The van der Waals surface area contributed by atoms with Gasteiger partial charge in [-0.05, 0) is 47.4 Å². The summed E-state index contributed by atoms with van der Waals surface area (Å²) >= 11 is 1.16. The van der Waals surface area contributed by atoms with Crippen molar-refractivity contribution in [1.29, 1.82) is 0 Å². The lowest BCUT2D eigenvalue weighted by Crippen LogP contribution is -2.31. The lowest BCUT2D eigenvalue weighted by Gasteiger charge is -2.22. The van der Waals surface area contributed by atoms with Crippen LogP contribution in [0, 0.1) is 0 Å². The molecule has 14 heteroatoms. The van der Waals surface area contributed by atoms with Crippen molar-refractivity contribution in [2.45, 2.75) is 25.9 Å². The Labute approximate surface area is 254 Å². The van der Waals surface area contributed by atoms with Crippen molar-refractivity contribution in [3.05, 3.63) is 89.7 Å². The van der Waals surface area contributed by atoms with Gasteiger partial charge in [0.05, 0.1) is 36.0 Å². The summed E-state index contributed by atoms with van der Waals surface area (Å²) in [7, 11) is 1.54. The van der Waals surface area contributed by atoms with E-state index in [1.165, 1.54) is 34.3 Å². The van der Waals surface area contributed by atoms with Crippen molar-refractivity contribution in [3.8, 4) is 22.8 Å². The largest absolute Gasteiger partial charge is 0.497 e. The minimum Gasteiger partial charge on any atom is -0.497 e. The van der Waals surface area contributed by atoms with Crippen molar-refractivity contribution in [2.24, 2.45) is 10.1 Å². The predicted octanol–water partition coefficient (Wildman–Crippen LogP) is 6.26. The molecule has 10 nitrogen and oxygen atoms in total. The number of aromatic nitrogens is 3. The third-order valence-electron chi connectivity index (χ3n) is 6.56. The first-order valence-corrected chi connectivity index (χ1v) is 14.3. The van der Waals surface area contributed by atoms with Crippen LogP contribution in [0.3, 0.4) is 0 Å². The number of methoxy groups -OCH3 is 1. The van der Waals surface area contributed by atoms with E-state index in [9.17, 15) is 22.8 Å². The van der Waals surface area contributed by atoms with Crippen LogP contribution < -0.4 is 15.1 Å². The predicted molar refractivity (Wildman–Crippen MR) is 162 cm³/mol. The van der Waals surface area contributed by atoms with Crippen LogP contribution in [0.2, 0.25) is 0 Å². The van der Waals surface area contributed by atoms with E-state index >= 15 is 0 Å². The van der Waals surface area contributed by atoms with Gasteiger partial charge < -0.3 is 4.74 Å². The van der Waals surface area contributed by atoms with Gasteiger partial charge in [-0.2, -0.15) is 23.3 Å². The third-order valence-corrected chi connectivity index (χ3v) is 7.48. The first-order chi connectivity index (χ1) is 21.0. The van der Waals surface area contributed by atoms with Gasteiger partial charge in [0.2, 0.25) is 5.91 Å². The molecule has 5 rings (SSSR count). The van der Waals surface area contributed by atoms with E-state index < -0.39 is 17.8 Å². The minimum absolute atomic E-state index is 0.117. The molecular weight excluding hydrogens is 595 g/mol. The van der Waals surface area contributed by atoms with Gasteiger partial charge in [-0.25, -0.2) is 19.9 Å². The summed E-state index contributed by atoms with van der Waals surface area (Å²) in [6, 6.07) is 16.3. The molecule has 1 fully saturated rings. The van der Waals surface area contributed by atoms with Crippen molar-refractivity contribution in [3.63, 3.8) is 0 Å². The highest BCUT2D eigenvalue weighted by Gasteiger charge is 2.33. The van der Waals surface area contributed by atoms with Crippen LogP contribution in [-0.2, 0) is 11.0 Å². The smallest absolute Gasteiger partial charge is 0.416 e. The maximum Gasteiger partial charge on any atom is 0.416 e. The number of hydrazone groups is 1. The van der Waals surface area contributed by atoms with Gasteiger partial charge in [0.1, 0.15) is 12.1 Å². The summed E-state index contributed by atoms with van der Waals surface area (Å²) in [5.41, 5.74) is 4.91. The normalized spacial score (nSPS) is 14.7. The van der Waals surface area contributed by atoms with Crippen LogP contribution in [0.1, 0.15) is 36.5 Å². The van der Waals surface area contributed by atoms with Crippen molar-refractivity contribution >= 4 is 40.8 Å². The van der Waals surface area contributed by atoms with Gasteiger partial charge >= 0.3 is 12.2 Å². The van der Waals surface area contributed by atoms with E-state index in [4.69, 9.17) is 4.74 Å². The Morgan fingerprint density at radius 3 is 2.48 bits per heavy atom. The molecule has 4 aromatic rings. The van der Waals surface area contributed by atoms with E-state index in [1.807, 2.05) is 26.0 Å². The van der Waals surface area contributed by atoms with Crippen molar-refractivity contribution in [1.82, 2.24) is 20.2 Å². The Morgan fingerprint density at radius 1 is 1.09 bits per heavy atom. The lowest BCUT2D eigenvalue weighted by atomic mass is 10.00. The summed E-state index contributed by atoms with van der Waals surface area (Å²) in [6.07, 6.45) is -1.57. The number of nitrogens with one attached hydrogen (secondary N) is 1. The molecule has 1 saturated heterocycles. The molecule has 1 aromatic heterocycles. The van der Waals surface area contributed by atoms with E-state index in [-0.39, 0.29) is 22.7 Å². The minimum atomic E-state index is -4.42. The summed E-state index contributed by atoms with van der Waals surface area (Å²) in [5, 5.41) is 8.55. The molecule has 1 N–H and O–H groups in total. The molecular formula is C30H26F3N7O3S. The fourth-order valence-corrected chi connectivity index (χ4v) is 5.19. The number of carbonyl (C=O) groups is 2. The van der Waals surface area contributed by atoms with E-state index in [2.05, 4.69) is 25.6 Å². The topological polar surface area (TPSA) is 114 Å². The fourth-order valence-electron chi connectivity index (χ4n) is 4.33. The standard InChI is InChI=1S/C30H26F3N7O3S/c1-18(2)24-13-12-23(43-3)14-25(24)40-26(41)16-44-29(40)36-28(42)37-35-15-19-4-6-20(7-5-19)27-34-17-39(38-27)22-10-8-21(9-11-22)30(31,32)33/h4-15,17-18H,16H2,1-3H3,(H,37,42)/b35-15+,36-29?. The second-order valence-corrected chi connectivity index (χ2v) is 10.8. The van der Waals surface area contributed by atoms with Crippen LogP contribution in [-0.4, -0.2) is 50.9 Å². The zero-order valence-corrected chi connectivity index (χ0v) is 24.6. The number of urea groups is 1. The molecule has 44 heavy (non-hydrogen) atoms. The first-order valence-electron chi connectivity index (χ1n) is 13.3. The fraction of sp³-hybridized carbons (Fsp3) is 0.200. The van der Waals surface area contributed by atoms with Crippen molar-refractivity contribution in [2.75, 3.05) is 17.8 Å². The molecule has 0 spiro atoms. The lowest BCUT2D eigenvalue weighted by molar-refractivity contribution is -0.137. The van der Waals surface area contributed by atoms with Gasteiger partial charge in [-0.3, -0.25) is 9.69 Å². The van der Waals surface area contributed by atoms with Crippen LogP contribution in [0.4, 0.5) is 23.7 Å². The first kappa shape index (κ1) is 30.5. The van der Waals surface area contributed by atoms with Crippen LogP contribution in [0.25, 0.3) is 17.1 Å². The average Bonchev–Trinajstić information content (AvgIpc) is 3.64. The highest BCUT2D eigenvalue weighted by Crippen LogP contribution is 2.36. The molecule has 226 valence electrons. The van der Waals surface area contributed by atoms with E-state index in [0.29, 0.717) is 34.1 Å². The maximum absolute atomic E-state index is 12.8. The second kappa shape index (κ2) is 12.7. The summed E-state index contributed by atoms with van der Waals surface area (Å²) in [6.45, 7) is 4.02. The number of hydrogen-bond acceptors (Lipinski definition) is 7. The highest BCUT2D eigenvalue weighted by atomic mass is 32.2. The molecule has 0 bridgehead atoms. The number of anilines is 1. The monoisotopic (exact) mass is 621 g/mol. The number of benzene rings is 3. The molecule has 0 radical (unpaired) electrons. The Hall–Kier alpha value is -4.98. The number of amides is 3. The number of halogens is 3. The maximum atomic E-state index is 12.8. The Kier molecular flexibility index (Phi) is 8.81. The molecule has 0 atom stereocenters. The Morgan fingerprint density at radius 2 is 1.82 bits per heavy atom. The van der Waals surface area contributed by atoms with Gasteiger partial charge in [0.25, 0.3) is 0 Å². The number of aliphatic imine (C=N–C) groups is 1. The number of ether oxygens (including phenoxy) is 1. The number of amidine groups is 1. The molecule has 3 amide bonds. The molecule has 0 unspecified atom stereocenters. The van der Waals surface area contributed by atoms with Crippen LogP contribution >= 0.6 is 11.8 Å². The molecule has 1 aliphatic rings. The summed E-state index contributed by atoms with van der Waals surface area (Å²) in [5.74, 6) is 1.03. The molecule has 0 saturated carbocycles. The SMILES string of the molecule is COc1ccc(C(C)C)c(N2C(=O)CSC2=NC(=O)N/N=C/c2ccc(-c3ncn(-c4ccc(C(F)(F)F)cc4)n3)cc2)c1. The molecule has 1 aliphatic heterocycles. The number of nitrogens with zero attached hydrogens (tertiary/aromatic N) is 6. The Balaban J connectivity index is 1.23. The van der Waals surface area contributed by atoms with E-state index in [1.54, 1.807) is 37.4 Å². The van der Waals surface area contributed by atoms with Crippen LogP contribution in [0.15, 0.2) is 83.2 Å². The van der Waals surface area contributed by atoms with Gasteiger partial charge in [0.15, 0.2) is 11.0 Å². The Bertz CT molecular complexity index is 1730. The number of alkyl halides is 3. The third kappa shape index (κ3) is 6.80. The summed E-state index contributed by atoms with van der Waals surface area (Å²) < 4.78 is 45.2. The average molecular weight is 622 g/mol. The highest BCUT2D eigenvalue weighted by molar-refractivity contribution is 8.15. The molecule has 2 heterocycles. The van der Waals surface area contributed by atoms with Crippen LogP contribution in [0.5, 0.6) is 5.75 Å². The van der Waals surface area contributed by atoms with Gasteiger partial charge in [-0.1, -0.05) is 55.9 Å². The second-order valence-electron chi connectivity index (χ2n) is 9.85. The zero-order chi connectivity index (χ0) is 31.4.